The number of oxazole rings is 1. The molecular formula is C10H18N2O2. The minimum Gasteiger partial charge on any atom is -0.444 e. The van der Waals surface area contributed by atoms with Crippen LogP contribution < -0.4 is 5.32 Å². The van der Waals surface area contributed by atoms with E-state index in [0.29, 0.717) is 6.54 Å². The van der Waals surface area contributed by atoms with E-state index in [0.717, 1.165) is 23.9 Å². The van der Waals surface area contributed by atoms with Gasteiger partial charge in [-0.15, -0.1) is 0 Å². The first-order valence-corrected chi connectivity index (χ1v) is 4.80. The van der Waals surface area contributed by atoms with E-state index < -0.39 is 0 Å². The summed E-state index contributed by atoms with van der Waals surface area (Å²) in [6, 6.07) is 0. The maximum atomic E-state index is 5.42. The SMILES string of the molecule is COC(C)CNCc1nc(C)c(C)o1. The molecule has 14 heavy (non-hydrogen) atoms. The zero-order valence-corrected chi connectivity index (χ0v) is 9.26. The highest BCUT2D eigenvalue weighted by atomic mass is 16.5. The average molecular weight is 198 g/mol. The first-order valence-electron chi connectivity index (χ1n) is 4.80. The number of hydrogen-bond donors (Lipinski definition) is 1. The van der Waals surface area contributed by atoms with Gasteiger partial charge in [-0.2, -0.15) is 0 Å². The maximum absolute atomic E-state index is 5.42. The Balaban J connectivity index is 2.31. The summed E-state index contributed by atoms with van der Waals surface area (Å²) in [5.41, 5.74) is 0.960. The predicted octanol–water partition coefficient (Wildman–Crippen LogP) is 1.42. The predicted molar refractivity (Wildman–Crippen MR) is 54.2 cm³/mol. The van der Waals surface area contributed by atoms with Gasteiger partial charge < -0.3 is 14.5 Å². The minimum atomic E-state index is 0.215. The van der Waals surface area contributed by atoms with Gasteiger partial charge >= 0.3 is 0 Å². The van der Waals surface area contributed by atoms with Crippen molar-refractivity contribution >= 4 is 0 Å². The molecule has 1 heterocycles. The van der Waals surface area contributed by atoms with E-state index in [9.17, 15) is 0 Å². The van der Waals surface area contributed by atoms with Crippen LogP contribution in [0.3, 0.4) is 0 Å². The molecule has 1 aromatic heterocycles. The molecule has 0 saturated heterocycles. The molecule has 1 unspecified atom stereocenters. The summed E-state index contributed by atoms with van der Waals surface area (Å²) < 4.78 is 10.5. The van der Waals surface area contributed by atoms with Crippen LogP contribution in [0.5, 0.6) is 0 Å². The van der Waals surface area contributed by atoms with Crippen molar-refractivity contribution in [3.05, 3.63) is 17.3 Å². The van der Waals surface area contributed by atoms with Gasteiger partial charge in [0.05, 0.1) is 18.3 Å². The Morgan fingerprint density at radius 3 is 2.71 bits per heavy atom. The number of nitrogens with zero attached hydrogens (tertiary/aromatic N) is 1. The normalized spacial score (nSPS) is 13.1. The molecule has 1 rings (SSSR count). The van der Waals surface area contributed by atoms with Gasteiger partial charge in [0.1, 0.15) is 5.76 Å². The molecule has 4 heteroatoms. The van der Waals surface area contributed by atoms with E-state index in [1.165, 1.54) is 0 Å². The van der Waals surface area contributed by atoms with E-state index in [-0.39, 0.29) is 6.10 Å². The smallest absolute Gasteiger partial charge is 0.208 e. The second-order valence-corrected chi connectivity index (χ2v) is 3.43. The second-order valence-electron chi connectivity index (χ2n) is 3.43. The summed E-state index contributed by atoms with van der Waals surface area (Å²) >= 11 is 0. The van der Waals surface area contributed by atoms with Crippen LogP contribution in [0.1, 0.15) is 24.3 Å². The Bertz CT molecular complexity index is 264. The van der Waals surface area contributed by atoms with Gasteiger partial charge in [0, 0.05) is 13.7 Å². The molecule has 4 nitrogen and oxygen atoms in total. The van der Waals surface area contributed by atoms with Gasteiger partial charge in [0.2, 0.25) is 5.89 Å². The molecule has 0 amide bonds. The van der Waals surface area contributed by atoms with Crippen molar-refractivity contribution in [1.29, 1.82) is 0 Å². The highest BCUT2D eigenvalue weighted by molar-refractivity contribution is 5.05. The molecule has 0 fully saturated rings. The largest absolute Gasteiger partial charge is 0.444 e. The molecule has 0 aliphatic carbocycles. The van der Waals surface area contributed by atoms with Crippen molar-refractivity contribution in [2.75, 3.05) is 13.7 Å². The molecule has 80 valence electrons. The fourth-order valence-electron chi connectivity index (χ4n) is 1.08. The standard InChI is InChI=1S/C10H18N2O2/c1-7(13-4)5-11-6-10-12-8(2)9(3)14-10/h7,11H,5-6H2,1-4H3. The molecule has 0 saturated carbocycles. The van der Waals surface area contributed by atoms with Crippen LogP contribution in [0.4, 0.5) is 0 Å². The van der Waals surface area contributed by atoms with Crippen LogP contribution >= 0.6 is 0 Å². The van der Waals surface area contributed by atoms with Crippen LogP contribution in [0, 0.1) is 13.8 Å². The fourth-order valence-corrected chi connectivity index (χ4v) is 1.08. The van der Waals surface area contributed by atoms with Crippen LogP contribution in [0.25, 0.3) is 0 Å². The lowest BCUT2D eigenvalue weighted by Gasteiger charge is -2.08. The first-order chi connectivity index (χ1) is 6.63. The van der Waals surface area contributed by atoms with E-state index in [1.807, 2.05) is 20.8 Å². The number of aryl methyl sites for hydroxylation is 2. The van der Waals surface area contributed by atoms with Crippen molar-refractivity contribution in [3.63, 3.8) is 0 Å². The molecule has 0 aliphatic rings. The number of methoxy groups -OCH3 is 1. The van der Waals surface area contributed by atoms with E-state index in [2.05, 4.69) is 10.3 Å². The quantitative estimate of drug-likeness (QED) is 0.777. The third-order valence-electron chi connectivity index (χ3n) is 2.18. The van der Waals surface area contributed by atoms with Crippen molar-refractivity contribution in [2.45, 2.75) is 33.4 Å². The number of aromatic nitrogens is 1. The van der Waals surface area contributed by atoms with Crippen LogP contribution in [-0.4, -0.2) is 24.7 Å². The van der Waals surface area contributed by atoms with Crippen molar-refractivity contribution in [3.8, 4) is 0 Å². The Labute approximate surface area is 84.7 Å². The van der Waals surface area contributed by atoms with Crippen molar-refractivity contribution in [1.82, 2.24) is 10.3 Å². The minimum absolute atomic E-state index is 0.215. The zero-order chi connectivity index (χ0) is 10.6. The third kappa shape index (κ3) is 3.12. The van der Waals surface area contributed by atoms with Crippen molar-refractivity contribution < 1.29 is 9.15 Å². The third-order valence-corrected chi connectivity index (χ3v) is 2.18. The van der Waals surface area contributed by atoms with E-state index in [4.69, 9.17) is 9.15 Å². The fraction of sp³-hybridized carbons (Fsp3) is 0.700. The molecule has 0 aromatic carbocycles. The summed E-state index contributed by atoms with van der Waals surface area (Å²) in [7, 11) is 1.70. The summed E-state index contributed by atoms with van der Waals surface area (Å²) in [6.07, 6.45) is 0.215. The summed E-state index contributed by atoms with van der Waals surface area (Å²) in [6.45, 7) is 7.34. The summed E-state index contributed by atoms with van der Waals surface area (Å²) in [5, 5.41) is 3.21. The molecule has 0 radical (unpaired) electrons. The Morgan fingerprint density at radius 2 is 2.21 bits per heavy atom. The summed E-state index contributed by atoms with van der Waals surface area (Å²) in [5.74, 6) is 1.63. The first kappa shape index (κ1) is 11.2. The Hall–Kier alpha value is -0.870. The highest BCUT2D eigenvalue weighted by Crippen LogP contribution is 2.07. The average Bonchev–Trinajstić information content (AvgIpc) is 2.46. The van der Waals surface area contributed by atoms with Gasteiger partial charge in [-0.1, -0.05) is 0 Å². The Morgan fingerprint density at radius 1 is 1.50 bits per heavy atom. The number of hydrogen-bond acceptors (Lipinski definition) is 4. The van der Waals surface area contributed by atoms with Gasteiger partial charge in [-0.3, -0.25) is 0 Å². The number of ether oxygens (including phenoxy) is 1. The molecule has 0 bridgehead atoms. The molecule has 1 atom stereocenters. The molecule has 1 N–H and O–H groups in total. The lowest BCUT2D eigenvalue weighted by molar-refractivity contribution is 0.116. The lowest BCUT2D eigenvalue weighted by atomic mass is 10.4. The molecule has 0 aliphatic heterocycles. The van der Waals surface area contributed by atoms with Crippen molar-refractivity contribution in [2.24, 2.45) is 0 Å². The van der Waals surface area contributed by atoms with Gasteiger partial charge in [0.25, 0.3) is 0 Å². The van der Waals surface area contributed by atoms with E-state index >= 15 is 0 Å². The van der Waals surface area contributed by atoms with Crippen LogP contribution in [-0.2, 0) is 11.3 Å². The van der Waals surface area contributed by atoms with E-state index in [1.54, 1.807) is 7.11 Å². The molecular weight excluding hydrogens is 180 g/mol. The molecule has 0 spiro atoms. The summed E-state index contributed by atoms with van der Waals surface area (Å²) in [4.78, 5) is 4.26. The lowest BCUT2D eigenvalue weighted by Crippen LogP contribution is -2.25. The topological polar surface area (TPSA) is 47.3 Å². The van der Waals surface area contributed by atoms with Gasteiger partial charge in [-0.25, -0.2) is 4.98 Å². The Kier molecular flexibility index (Phi) is 4.10. The monoisotopic (exact) mass is 198 g/mol. The van der Waals surface area contributed by atoms with Crippen LogP contribution in [0.15, 0.2) is 4.42 Å². The highest BCUT2D eigenvalue weighted by Gasteiger charge is 2.05. The van der Waals surface area contributed by atoms with Crippen LogP contribution in [0.2, 0.25) is 0 Å². The number of rotatable bonds is 5. The molecule has 1 aromatic rings. The number of nitrogens with one attached hydrogen (secondary N) is 1. The second kappa shape index (κ2) is 5.12. The maximum Gasteiger partial charge on any atom is 0.208 e. The zero-order valence-electron chi connectivity index (χ0n) is 9.26. The van der Waals surface area contributed by atoms with Gasteiger partial charge in [0.15, 0.2) is 0 Å². The van der Waals surface area contributed by atoms with Gasteiger partial charge in [-0.05, 0) is 20.8 Å².